The van der Waals surface area contributed by atoms with Crippen molar-refractivity contribution in [2.45, 2.75) is 18.8 Å². The van der Waals surface area contributed by atoms with Gasteiger partial charge in [-0.3, -0.25) is 4.90 Å². The molecule has 5 nitrogen and oxygen atoms in total. The molecular weight excluding hydrogens is 450 g/mol. The van der Waals surface area contributed by atoms with Crippen LogP contribution in [0.5, 0.6) is 0 Å². The molecule has 1 aliphatic heterocycles. The minimum absolute atomic E-state index is 0.495. The van der Waals surface area contributed by atoms with Crippen molar-refractivity contribution in [1.82, 2.24) is 4.90 Å². The maximum absolute atomic E-state index is 9.10. The van der Waals surface area contributed by atoms with Gasteiger partial charge < -0.3 is 10.2 Å². The van der Waals surface area contributed by atoms with Crippen LogP contribution in [0.25, 0.3) is 18.2 Å². The fourth-order valence-electron chi connectivity index (χ4n) is 5.12. The van der Waals surface area contributed by atoms with E-state index in [2.05, 4.69) is 108 Å². The normalized spacial score (nSPS) is 15.9. The van der Waals surface area contributed by atoms with Gasteiger partial charge in [0.15, 0.2) is 0 Å². The van der Waals surface area contributed by atoms with E-state index in [9.17, 15) is 0 Å². The second-order valence-corrected chi connectivity index (χ2v) is 9.13. The van der Waals surface area contributed by atoms with Crippen molar-refractivity contribution in [3.63, 3.8) is 0 Å². The molecule has 0 bridgehead atoms. The molecule has 1 aliphatic carbocycles. The first kappa shape index (κ1) is 25.1. The van der Waals surface area contributed by atoms with Crippen molar-refractivity contribution in [3.8, 4) is 0 Å². The van der Waals surface area contributed by atoms with Crippen molar-refractivity contribution in [3.05, 3.63) is 113 Å². The number of hydrogen-bond acceptors (Lipinski definition) is 3. The van der Waals surface area contributed by atoms with E-state index in [0.29, 0.717) is 11.8 Å². The van der Waals surface area contributed by atoms with Gasteiger partial charge in [-0.1, -0.05) is 103 Å². The Morgan fingerprint density at radius 1 is 0.750 bits per heavy atom. The van der Waals surface area contributed by atoms with Crippen LogP contribution in [0.2, 0.25) is 0 Å². The number of likely N-dealkylation sites (tertiary alicyclic amines) is 1. The van der Waals surface area contributed by atoms with Crippen LogP contribution in [0, 0.1) is 5.92 Å². The Morgan fingerprint density at radius 2 is 1.25 bits per heavy atom. The Balaban J connectivity index is 0.000000455. The van der Waals surface area contributed by atoms with Gasteiger partial charge >= 0.3 is 11.9 Å². The number of carbonyl (C=O) groups is 2. The van der Waals surface area contributed by atoms with Gasteiger partial charge in [0.25, 0.3) is 0 Å². The molecule has 5 heteroatoms. The van der Waals surface area contributed by atoms with E-state index < -0.39 is 11.9 Å². The van der Waals surface area contributed by atoms with E-state index in [1.165, 1.54) is 53.7 Å². The van der Waals surface area contributed by atoms with Crippen LogP contribution in [0.4, 0.5) is 0 Å². The van der Waals surface area contributed by atoms with Crippen LogP contribution in [0.3, 0.4) is 0 Å². The highest BCUT2D eigenvalue weighted by Gasteiger charge is 2.31. The standard InChI is InChI=1S/C29H29N.C2H2O4/c1-2-9-23(10-3-1)11-8-20-30-21-18-26(19-22-30)29-27-14-6-4-12-24(27)16-17-25-13-5-7-15-28(25)29;3-1(4)2(5)6/h1-17,26,29H,18-22H2;(H,3,4)(H,5,6)/b11-8+;. The third kappa shape index (κ3) is 6.37. The third-order valence-electron chi connectivity index (χ3n) is 6.86. The lowest BCUT2D eigenvalue weighted by Crippen LogP contribution is -2.36. The highest BCUT2D eigenvalue weighted by Crippen LogP contribution is 2.43. The minimum Gasteiger partial charge on any atom is -0.473 e. The molecule has 5 rings (SSSR count). The summed E-state index contributed by atoms with van der Waals surface area (Å²) in [5.74, 6) is -2.46. The number of hydrogen-bond donors (Lipinski definition) is 2. The molecule has 0 spiro atoms. The molecular formula is C31H31NO4. The topological polar surface area (TPSA) is 77.8 Å². The summed E-state index contributed by atoms with van der Waals surface area (Å²) in [5.41, 5.74) is 7.05. The molecule has 2 aliphatic rings. The lowest BCUT2D eigenvalue weighted by molar-refractivity contribution is -0.159. The van der Waals surface area contributed by atoms with E-state index in [1.54, 1.807) is 0 Å². The molecule has 3 aromatic carbocycles. The van der Waals surface area contributed by atoms with Crippen molar-refractivity contribution < 1.29 is 19.8 Å². The number of piperidine rings is 1. The molecule has 3 aromatic rings. The number of nitrogens with zero attached hydrogens (tertiary/aromatic N) is 1. The molecule has 0 radical (unpaired) electrons. The average molecular weight is 482 g/mol. The molecule has 184 valence electrons. The zero-order chi connectivity index (χ0) is 25.3. The van der Waals surface area contributed by atoms with E-state index >= 15 is 0 Å². The predicted molar refractivity (Wildman–Crippen MR) is 144 cm³/mol. The van der Waals surface area contributed by atoms with Crippen LogP contribution in [0.15, 0.2) is 84.9 Å². The largest absolute Gasteiger partial charge is 0.473 e. The molecule has 0 aromatic heterocycles. The fraction of sp³-hybridized carbons (Fsp3) is 0.226. The van der Waals surface area contributed by atoms with Gasteiger partial charge in [0, 0.05) is 12.5 Å². The Labute approximate surface area is 212 Å². The molecule has 0 atom stereocenters. The van der Waals surface area contributed by atoms with Crippen molar-refractivity contribution in [2.24, 2.45) is 5.92 Å². The van der Waals surface area contributed by atoms with E-state index in [1.807, 2.05) is 0 Å². The van der Waals surface area contributed by atoms with Gasteiger partial charge in [-0.25, -0.2) is 9.59 Å². The van der Waals surface area contributed by atoms with Gasteiger partial charge in [0.05, 0.1) is 0 Å². The number of rotatable bonds is 4. The summed E-state index contributed by atoms with van der Waals surface area (Å²) < 4.78 is 0. The Hall–Kier alpha value is -3.96. The summed E-state index contributed by atoms with van der Waals surface area (Å²) in [7, 11) is 0. The lowest BCUT2D eigenvalue weighted by atomic mass is 9.74. The van der Waals surface area contributed by atoms with Crippen LogP contribution in [-0.4, -0.2) is 46.7 Å². The quantitative estimate of drug-likeness (QED) is 0.455. The number of benzene rings is 3. The third-order valence-corrected chi connectivity index (χ3v) is 6.86. The van der Waals surface area contributed by atoms with Crippen LogP contribution >= 0.6 is 0 Å². The van der Waals surface area contributed by atoms with Gasteiger partial charge in [0.2, 0.25) is 0 Å². The summed E-state index contributed by atoms with van der Waals surface area (Å²) >= 11 is 0. The molecule has 0 amide bonds. The van der Waals surface area contributed by atoms with Crippen molar-refractivity contribution in [1.29, 1.82) is 0 Å². The Kier molecular flexibility index (Phi) is 8.48. The smallest absolute Gasteiger partial charge is 0.414 e. The highest BCUT2D eigenvalue weighted by molar-refractivity contribution is 6.27. The lowest BCUT2D eigenvalue weighted by Gasteiger charge is -2.37. The predicted octanol–water partition coefficient (Wildman–Crippen LogP) is 5.88. The number of aliphatic carboxylic acids is 2. The first-order valence-corrected chi connectivity index (χ1v) is 12.3. The van der Waals surface area contributed by atoms with E-state index in [4.69, 9.17) is 19.8 Å². The second-order valence-electron chi connectivity index (χ2n) is 9.13. The molecule has 2 N–H and O–H groups in total. The Bertz CT molecular complexity index is 1180. The number of carboxylic acids is 2. The fourth-order valence-corrected chi connectivity index (χ4v) is 5.12. The summed E-state index contributed by atoms with van der Waals surface area (Å²) in [6, 6.07) is 28.6. The number of carboxylic acid groups (broad SMARTS) is 2. The average Bonchev–Trinajstić information content (AvgIpc) is 3.07. The van der Waals surface area contributed by atoms with Gasteiger partial charge in [-0.15, -0.1) is 0 Å². The molecule has 1 heterocycles. The Morgan fingerprint density at radius 3 is 1.78 bits per heavy atom. The van der Waals surface area contributed by atoms with Gasteiger partial charge in [0.1, 0.15) is 0 Å². The zero-order valence-electron chi connectivity index (χ0n) is 20.2. The summed E-state index contributed by atoms with van der Waals surface area (Å²) in [6.45, 7) is 3.40. The van der Waals surface area contributed by atoms with Crippen LogP contribution in [-0.2, 0) is 9.59 Å². The second kappa shape index (κ2) is 12.1. The minimum atomic E-state index is -1.82. The van der Waals surface area contributed by atoms with Crippen LogP contribution in [0.1, 0.15) is 46.6 Å². The SMILES string of the molecule is C1=Cc2ccccc2C(C2CCN(C/C=C/c3ccccc3)CC2)c2ccccc21.O=C(O)C(=O)O. The van der Waals surface area contributed by atoms with E-state index in [-0.39, 0.29) is 0 Å². The van der Waals surface area contributed by atoms with Crippen molar-refractivity contribution >= 4 is 30.2 Å². The molecule has 0 unspecified atom stereocenters. The molecule has 1 saturated heterocycles. The molecule has 36 heavy (non-hydrogen) atoms. The van der Waals surface area contributed by atoms with Gasteiger partial charge in [-0.05, 0) is 59.7 Å². The zero-order valence-corrected chi connectivity index (χ0v) is 20.2. The van der Waals surface area contributed by atoms with Gasteiger partial charge in [-0.2, -0.15) is 0 Å². The summed E-state index contributed by atoms with van der Waals surface area (Å²) in [5, 5.41) is 14.8. The highest BCUT2D eigenvalue weighted by atomic mass is 16.4. The first-order chi connectivity index (χ1) is 17.5. The van der Waals surface area contributed by atoms with E-state index in [0.717, 1.165) is 6.54 Å². The maximum atomic E-state index is 9.10. The summed E-state index contributed by atoms with van der Waals surface area (Å²) in [4.78, 5) is 20.8. The monoisotopic (exact) mass is 481 g/mol. The summed E-state index contributed by atoms with van der Waals surface area (Å²) in [6.07, 6.45) is 11.7. The number of fused-ring (bicyclic) bond motifs is 2. The first-order valence-electron chi connectivity index (χ1n) is 12.3. The molecule has 1 fully saturated rings. The van der Waals surface area contributed by atoms with Crippen LogP contribution < -0.4 is 0 Å². The van der Waals surface area contributed by atoms with Crippen molar-refractivity contribution in [2.75, 3.05) is 19.6 Å². The molecule has 0 saturated carbocycles. The maximum Gasteiger partial charge on any atom is 0.414 e.